The van der Waals surface area contributed by atoms with Gasteiger partial charge in [-0.2, -0.15) is 0 Å². The molecule has 0 aliphatic heterocycles. The second-order valence-corrected chi connectivity index (χ2v) is 5.31. The van der Waals surface area contributed by atoms with Crippen LogP contribution in [0.5, 0.6) is 5.75 Å². The molecule has 1 aliphatic carbocycles. The van der Waals surface area contributed by atoms with Crippen molar-refractivity contribution in [3.63, 3.8) is 0 Å². The number of anilines is 1. The Kier molecular flexibility index (Phi) is 5.04. The summed E-state index contributed by atoms with van der Waals surface area (Å²) in [5.74, 6) is 0.358. The number of nitrogens with one attached hydrogen (secondary N) is 1. The molecule has 1 aliphatic rings. The molecule has 2 atom stereocenters. The maximum atomic E-state index is 12.2. The van der Waals surface area contributed by atoms with E-state index in [1.807, 2.05) is 19.1 Å². The number of halogens is 1. The van der Waals surface area contributed by atoms with Gasteiger partial charge in [0.05, 0.1) is 18.2 Å². The molecule has 0 aromatic heterocycles. The van der Waals surface area contributed by atoms with Crippen molar-refractivity contribution < 1.29 is 9.53 Å². The molecule has 5 heteroatoms. The summed E-state index contributed by atoms with van der Waals surface area (Å²) < 4.78 is 5.61. The van der Waals surface area contributed by atoms with Crippen LogP contribution in [-0.2, 0) is 4.79 Å². The molecule has 2 rings (SSSR count). The van der Waals surface area contributed by atoms with E-state index in [-0.39, 0.29) is 17.9 Å². The average molecular weight is 295 g/mol. The van der Waals surface area contributed by atoms with E-state index in [0.717, 1.165) is 6.42 Å². The Bertz CT molecular complexity index is 517. The normalized spacial score (nSPS) is 20.9. The molecule has 2 unspecified atom stereocenters. The van der Waals surface area contributed by atoms with E-state index in [9.17, 15) is 4.79 Å². The quantitative estimate of drug-likeness (QED) is 0.821. The van der Waals surface area contributed by atoms with Gasteiger partial charge in [-0.1, -0.05) is 30.7 Å². The van der Waals surface area contributed by atoms with Crippen LogP contribution in [0.2, 0.25) is 5.02 Å². The van der Waals surface area contributed by atoms with Crippen LogP contribution in [0.15, 0.2) is 30.4 Å². The third kappa shape index (κ3) is 3.74. The maximum absolute atomic E-state index is 12.2. The summed E-state index contributed by atoms with van der Waals surface area (Å²) in [6.07, 6.45) is 5.24. The number of hydrogen-bond acceptors (Lipinski definition) is 3. The molecule has 0 spiro atoms. The predicted octanol–water partition coefficient (Wildman–Crippen LogP) is 2.97. The van der Waals surface area contributed by atoms with Crippen molar-refractivity contribution in [1.29, 1.82) is 0 Å². The fourth-order valence-corrected chi connectivity index (χ4v) is 2.26. The highest BCUT2D eigenvalue weighted by molar-refractivity contribution is 6.31. The minimum absolute atomic E-state index is 0.0408. The molecule has 0 radical (unpaired) electrons. The number of benzene rings is 1. The summed E-state index contributed by atoms with van der Waals surface area (Å²) in [4.78, 5) is 12.2. The standard InChI is InChI=1S/C15H19ClN2O2/c1-2-7-20-14-6-4-11(16)9-13(14)18-15(19)10-3-5-12(17)8-10/h3-6,9-10,12H,2,7-8,17H2,1H3,(H,18,19). The van der Waals surface area contributed by atoms with E-state index in [1.165, 1.54) is 0 Å². The summed E-state index contributed by atoms with van der Waals surface area (Å²) in [5.41, 5.74) is 6.37. The van der Waals surface area contributed by atoms with Crippen molar-refractivity contribution in [2.75, 3.05) is 11.9 Å². The van der Waals surface area contributed by atoms with E-state index in [2.05, 4.69) is 5.32 Å². The van der Waals surface area contributed by atoms with Gasteiger partial charge in [-0.3, -0.25) is 4.79 Å². The first-order valence-electron chi connectivity index (χ1n) is 6.77. The van der Waals surface area contributed by atoms with Gasteiger partial charge >= 0.3 is 0 Å². The third-order valence-corrected chi connectivity index (χ3v) is 3.35. The highest BCUT2D eigenvalue weighted by Gasteiger charge is 2.23. The fourth-order valence-electron chi connectivity index (χ4n) is 2.08. The van der Waals surface area contributed by atoms with Gasteiger partial charge < -0.3 is 15.8 Å². The Hall–Kier alpha value is -1.52. The lowest BCUT2D eigenvalue weighted by Crippen LogP contribution is -2.24. The van der Waals surface area contributed by atoms with Crippen LogP contribution in [0.4, 0.5) is 5.69 Å². The molecular weight excluding hydrogens is 276 g/mol. The second-order valence-electron chi connectivity index (χ2n) is 4.87. The van der Waals surface area contributed by atoms with Gasteiger partial charge in [0.15, 0.2) is 0 Å². The van der Waals surface area contributed by atoms with Crippen LogP contribution in [0.1, 0.15) is 19.8 Å². The lowest BCUT2D eigenvalue weighted by Gasteiger charge is -2.15. The van der Waals surface area contributed by atoms with Gasteiger partial charge in [-0.05, 0) is 31.0 Å². The van der Waals surface area contributed by atoms with Gasteiger partial charge in [0.25, 0.3) is 0 Å². The van der Waals surface area contributed by atoms with Crippen LogP contribution in [0, 0.1) is 5.92 Å². The lowest BCUT2D eigenvalue weighted by atomic mass is 10.1. The number of carbonyl (C=O) groups excluding carboxylic acids is 1. The van der Waals surface area contributed by atoms with Crippen molar-refractivity contribution in [2.45, 2.75) is 25.8 Å². The summed E-state index contributed by atoms with van der Waals surface area (Å²) >= 11 is 5.98. The summed E-state index contributed by atoms with van der Waals surface area (Å²) in [6.45, 7) is 2.62. The summed E-state index contributed by atoms with van der Waals surface area (Å²) in [7, 11) is 0. The first-order chi connectivity index (χ1) is 9.60. The highest BCUT2D eigenvalue weighted by Crippen LogP contribution is 2.29. The smallest absolute Gasteiger partial charge is 0.231 e. The maximum Gasteiger partial charge on any atom is 0.231 e. The first kappa shape index (κ1) is 14.9. The monoisotopic (exact) mass is 294 g/mol. The Morgan fingerprint density at radius 1 is 1.50 bits per heavy atom. The van der Waals surface area contributed by atoms with Crippen molar-refractivity contribution >= 4 is 23.2 Å². The van der Waals surface area contributed by atoms with Crippen LogP contribution < -0.4 is 15.8 Å². The van der Waals surface area contributed by atoms with Gasteiger partial charge in [0.2, 0.25) is 5.91 Å². The number of ether oxygens (including phenoxy) is 1. The number of rotatable bonds is 5. The van der Waals surface area contributed by atoms with E-state index < -0.39 is 0 Å². The van der Waals surface area contributed by atoms with Gasteiger partial charge in [-0.15, -0.1) is 0 Å². The van der Waals surface area contributed by atoms with Crippen molar-refractivity contribution in [3.8, 4) is 5.75 Å². The fraction of sp³-hybridized carbons (Fsp3) is 0.400. The predicted molar refractivity (Wildman–Crippen MR) is 81.1 cm³/mol. The Morgan fingerprint density at radius 2 is 2.30 bits per heavy atom. The number of carbonyl (C=O) groups is 1. The molecular formula is C15H19ClN2O2. The number of amides is 1. The molecule has 0 saturated heterocycles. The third-order valence-electron chi connectivity index (χ3n) is 3.11. The molecule has 1 amide bonds. The average Bonchev–Trinajstić information content (AvgIpc) is 2.85. The molecule has 0 fully saturated rings. The zero-order chi connectivity index (χ0) is 14.5. The molecule has 0 bridgehead atoms. The highest BCUT2D eigenvalue weighted by atomic mass is 35.5. The Labute approximate surface area is 123 Å². The molecule has 0 heterocycles. The lowest BCUT2D eigenvalue weighted by molar-refractivity contribution is -0.118. The Morgan fingerprint density at radius 3 is 2.95 bits per heavy atom. The molecule has 4 nitrogen and oxygen atoms in total. The zero-order valence-electron chi connectivity index (χ0n) is 11.4. The molecule has 108 valence electrons. The Balaban J connectivity index is 2.09. The minimum atomic E-state index is -0.192. The second kappa shape index (κ2) is 6.77. The largest absolute Gasteiger partial charge is 0.491 e. The van der Waals surface area contributed by atoms with Gasteiger partial charge in [-0.25, -0.2) is 0 Å². The van der Waals surface area contributed by atoms with Crippen molar-refractivity contribution in [3.05, 3.63) is 35.4 Å². The van der Waals surface area contributed by atoms with Crippen LogP contribution >= 0.6 is 11.6 Å². The SMILES string of the molecule is CCCOc1ccc(Cl)cc1NC(=O)C1C=CC(N)C1. The zero-order valence-corrected chi connectivity index (χ0v) is 12.2. The molecule has 1 aromatic carbocycles. The van der Waals surface area contributed by atoms with Crippen molar-refractivity contribution in [1.82, 2.24) is 0 Å². The number of nitrogens with two attached hydrogens (primary N) is 1. The van der Waals surface area contributed by atoms with E-state index in [4.69, 9.17) is 22.1 Å². The topological polar surface area (TPSA) is 64.3 Å². The van der Waals surface area contributed by atoms with Crippen LogP contribution in [0.3, 0.4) is 0 Å². The van der Waals surface area contributed by atoms with Gasteiger partial charge in [0.1, 0.15) is 5.75 Å². The van der Waals surface area contributed by atoms with E-state index >= 15 is 0 Å². The molecule has 0 saturated carbocycles. The molecule has 20 heavy (non-hydrogen) atoms. The van der Waals surface area contributed by atoms with E-state index in [1.54, 1.807) is 18.2 Å². The summed E-state index contributed by atoms with van der Waals surface area (Å²) in [5, 5.41) is 3.43. The molecule has 3 N–H and O–H groups in total. The van der Waals surface area contributed by atoms with Crippen LogP contribution in [-0.4, -0.2) is 18.6 Å². The number of hydrogen-bond donors (Lipinski definition) is 2. The summed E-state index contributed by atoms with van der Waals surface area (Å²) in [6, 6.07) is 5.17. The minimum Gasteiger partial charge on any atom is -0.491 e. The first-order valence-corrected chi connectivity index (χ1v) is 7.15. The van der Waals surface area contributed by atoms with E-state index in [0.29, 0.717) is 29.5 Å². The van der Waals surface area contributed by atoms with Crippen molar-refractivity contribution in [2.24, 2.45) is 11.7 Å². The van der Waals surface area contributed by atoms with Gasteiger partial charge in [0, 0.05) is 11.1 Å². The molecule has 1 aromatic rings. The van der Waals surface area contributed by atoms with Crippen LogP contribution in [0.25, 0.3) is 0 Å².